The van der Waals surface area contributed by atoms with Crippen molar-refractivity contribution in [3.05, 3.63) is 54.2 Å². The Balaban J connectivity index is 1.53. The lowest BCUT2D eigenvalue weighted by Gasteiger charge is -2.32. The monoisotopic (exact) mass is 585 g/mol. The standard InChI is InChI=1S/C28H29F2N5O3S2/c1-17(14-31)33-27(36)24-13-20(29)4-7-23(24)25-26(39-28(34-25)19-12-21(30)16-32-15-19)18-2-5-22(6-3-18)35-8-10-40(37,38)11-9-35/h2-3,5-6,12,15-17,20,23-24H,4,7-11,13H2,1H3,(H,33,36). The molecule has 12 heteroatoms. The van der Waals surface area contributed by atoms with Gasteiger partial charge in [0.2, 0.25) is 5.91 Å². The summed E-state index contributed by atoms with van der Waals surface area (Å²) in [5, 5.41) is 12.4. The third kappa shape index (κ3) is 6.15. The van der Waals surface area contributed by atoms with E-state index in [0.717, 1.165) is 22.3 Å². The van der Waals surface area contributed by atoms with E-state index in [1.165, 1.54) is 23.6 Å². The van der Waals surface area contributed by atoms with Crippen LogP contribution in [0.3, 0.4) is 0 Å². The third-order valence-electron chi connectivity index (χ3n) is 7.47. The van der Waals surface area contributed by atoms with Crippen molar-refractivity contribution >= 4 is 32.8 Å². The summed E-state index contributed by atoms with van der Waals surface area (Å²) < 4.78 is 52.3. The summed E-state index contributed by atoms with van der Waals surface area (Å²) in [6.07, 6.45) is 2.22. The highest BCUT2D eigenvalue weighted by Crippen LogP contribution is 2.46. The second-order valence-corrected chi connectivity index (χ2v) is 13.6. The van der Waals surface area contributed by atoms with E-state index < -0.39 is 39.7 Å². The first-order valence-corrected chi connectivity index (χ1v) is 15.8. The highest BCUT2D eigenvalue weighted by Gasteiger charge is 2.39. The number of hydrogen-bond donors (Lipinski definition) is 1. The van der Waals surface area contributed by atoms with Crippen LogP contribution in [-0.4, -0.2) is 61.1 Å². The van der Waals surface area contributed by atoms with Crippen LogP contribution in [0.5, 0.6) is 0 Å². The zero-order valence-corrected chi connectivity index (χ0v) is 23.5. The molecule has 2 aliphatic rings. The van der Waals surface area contributed by atoms with E-state index in [0.29, 0.717) is 35.8 Å². The Morgan fingerprint density at radius 1 is 1.18 bits per heavy atom. The molecule has 3 heterocycles. The van der Waals surface area contributed by atoms with Gasteiger partial charge in [-0.3, -0.25) is 9.78 Å². The van der Waals surface area contributed by atoms with Crippen molar-refractivity contribution in [3.8, 4) is 27.1 Å². The van der Waals surface area contributed by atoms with Crippen LogP contribution in [-0.2, 0) is 14.6 Å². The zero-order valence-electron chi connectivity index (χ0n) is 21.9. The Hall–Kier alpha value is -3.43. The molecule has 1 aliphatic heterocycles. The number of carbonyl (C=O) groups excluding carboxylic acids is 1. The summed E-state index contributed by atoms with van der Waals surface area (Å²) in [4.78, 5) is 24.8. The Bertz CT molecular complexity index is 1520. The SMILES string of the molecule is CC(C#N)NC(=O)C1CC(F)CCC1c1nc(-c2cncc(F)c2)sc1-c1ccc(N2CCS(=O)(=O)CC2)cc1. The largest absolute Gasteiger partial charge is 0.369 e. The molecule has 5 rings (SSSR count). The van der Waals surface area contributed by atoms with Crippen molar-refractivity contribution in [2.75, 3.05) is 29.5 Å². The molecule has 210 valence electrons. The van der Waals surface area contributed by atoms with E-state index in [9.17, 15) is 27.3 Å². The Morgan fingerprint density at radius 2 is 1.90 bits per heavy atom. The molecule has 1 saturated carbocycles. The molecule has 1 aromatic carbocycles. The van der Waals surface area contributed by atoms with E-state index >= 15 is 0 Å². The van der Waals surface area contributed by atoms with Crippen molar-refractivity contribution in [2.45, 2.75) is 44.3 Å². The second-order valence-electron chi connectivity index (χ2n) is 10.3. The van der Waals surface area contributed by atoms with Crippen LogP contribution >= 0.6 is 11.3 Å². The maximum absolute atomic E-state index is 14.6. The molecule has 8 nitrogen and oxygen atoms in total. The van der Waals surface area contributed by atoms with Gasteiger partial charge in [0.15, 0.2) is 9.84 Å². The van der Waals surface area contributed by atoms with Gasteiger partial charge in [-0.25, -0.2) is 22.2 Å². The maximum atomic E-state index is 14.6. The average molecular weight is 586 g/mol. The van der Waals surface area contributed by atoms with E-state index in [1.54, 1.807) is 6.92 Å². The number of amides is 1. The Kier molecular flexibility index (Phi) is 8.14. The number of thiazole rings is 1. The molecule has 4 atom stereocenters. The van der Waals surface area contributed by atoms with Crippen molar-refractivity contribution in [1.82, 2.24) is 15.3 Å². The number of anilines is 1. The molecule has 1 aliphatic carbocycles. The van der Waals surface area contributed by atoms with Crippen LogP contribution in [0.15, 0.2) is 42.7 Å². The number of rotatable bonds is 6. The summed E-state index contributed by atoms with van der Waals surface area (Å²) >= 11 is 1.35. The normalized spacial score (nSPS) is 23.2. The van der Waals surface area contributed by atoms with Gasteiger partial charge in [0.25, 0.3) is 0 Å². The number of alkyl halides is 1. The number of benzene rings is 1. The fourth-order valence-corrected chi connectivity index (χ4v) is 7.65. The molecular formula is C28H29F2N5O3S2. The zero-order chi connectivity index (χ0) is 28.4. The topological polar surface area (TPSA) is 116 Å². The number of sulfone groups is 1. The number of nitriles is 1. The van der Waals surface area contributed by atoms with Crippen LogP contribution in [0, 0.1) is 23.1 Å². The van der Waals surface area contributed by atoms with Crippen LogP contribution in [0.25, 0.3) is 21.0 Å². The summed E-state index contributed by atoms with van der Waals surface area (Å²) in [6, 6.07) is 10.3. The van der Waals surface area contributed by atoms with Gasteiger partial charge in [-0.05, 0) is 49.9 Å². The van der Waals surface area contributed by atoms with Gasteiger partial charge >= 0.3 is 0 Å². The van der Waals surface area contributed by atoms with Gasteiger partial charge < -0.3 is 10.2 Å². The van der Waals surface area contributed by atoms with Gasteiger partial charge in [0.05, 0.1) is 34.3 Å². The fraction of sp³-hybridized carbons (Fsp3) is 0.429. The van der Waals surface area contributed by atoms with Gasteiger partial charge in [-0.15, -0.1) is 11.3 Å². The van der Waals surface area contributed by atoms with E-state index in [4.69, 9.17) is 4.98 Å². The number of pyridine rings is 1. The molecule has 2 aromatic heterocycles. The van der Waals surface area contributed by atoms with Crippen molar-refractivity contribution in [1.29, 1.82) is 5.26 Å². The smallest absolute Gasteiger partial charge is 0.224 e. The first-order valence-electron chi connectivity index (χ1n) is 13.1. The van der Waals surface area contributed by atoms with Gasteiger partial charge in [-0.2, -0.15) is 5.26 Å². The molecule has 1 amide bonds. The fourth-order valence-electron chi connectivity index (χ4n) is 5.33. The summed E-state index contributed by atoms with van der Waals surface area (Å²) in [5.41, 5.74) is 2.88. The molecule has 0 bridgehead atoms. The van der Waals surface area contributed by atoms with Crippen LogP contribution < -0.4 is 10.2 Å². The van der Waals surface area contributed by atoms with Crippen molar-refractivity contribution < 1.29 is 22.0 Å². The van der Waals surface area contributed by atoms with Gasteiger partial charge in [0.1, 0.15) is 23.0 Å². The Labute approximate surface area is 236 Å². The van der Waals surface area contributed by atoms with E-state index in [-0.39, 0.29) is 30.3 Å². The van der Waals surface area contributed by atoms with E-state index in [1.807, 2.05) is 35.2 Å². The molecule has 3 aromatic rings. The lowest BCUT2D eigenvalue weighted by molar-refractivity contribution is -0.127. The highest BCUT2D eigenvalue weighted by molar-refractivity contribution is 7.91. The minimum Gasteiger partial charge on any atom is -0.369 e. The van der Waals surface area contributed by atoms with Gasteiger partial charge in [-0.1, -0.05) is 12.1 Å². The molecule has 0 radical (unpaired) electrons. The first kappa shape index (κ1) is 28.1. The van der Waals surface area contributed by atoms with Crippen LogP contribution in [0.2, 0.25) is 0 Å². The predicted octanol–water partition coefficient (Wildman–Crippen LogP) is 4.50. The molecule has 2 fully saturated rings. The maximum Gasteiger partial charge on any atom is 0.224 e. The predicted molar refractivity (Wildman–Crippen MR) is 150 cm³/mol. The molecular weight excluding hydrogens is 556 g/mol. The molecule has 1 N–H and O–H groups in total. The molecule has 4 unspecified atom stereocenters. The molecule has 1 saturated heterocycles. The Morgan fingerprint density at radius 3 is 2.58 bits per heavy atom. The van der Waals surface area contributed by atoms with Crippen molar-refractivity contribution in [3.63, 3.8) is 0 Å². The average Bonchev–Trinajstić information content (AvgIpc) is 3.38. The lowest BCUT2D eigenvalue weighted by atomic mass is 9.75. The molecule has 40 heavy (non-hydrogen) atoms. The number of nitrogens with one attached hydrogen (secondary N) is 1. The van der Waals surface area contributed by atoms with Crippen LogP contribution in [0.1, 0.15) is 37.8 Å². The minimum atomic E-state index is -3.00. The number of aromatic nitrogens is 2. The third-order valence-corrected chi connectivity index (χ3v) is 10.2. The van der Waals surface area contributed by atoms with E-state index in [2.05, 4.69) is 10.3 Å². The van der Waals surface area contributed by atoms with Crippen LogP contribution in [0.4, 0.5) is 14.5 Å². The summed E-state index contributed by atoms with van der Waals surface area (Å²) in [7, 11) is -3.00. The van der Waals surface area contributed by atoms with Crippen molar-refractivity contribution in [2.24, 2.45) is 5.92 Å². The number of halogens is 2. The lowest BCUT2D eigenvalue weighted by Crippen LogP contribution is -2.41. The number of nitrogens with zero attached hydrogens (tertiary/aromatic N) is 4. The highest BCUT2D eigenvalue weighted by atomic mass is 32.2. The number of carbonyl (C=O) groups is 1. The quantitative estimate of drug-likeness (QED) is 0.453. The second kappa shape index (κ2) is 11.6. The minimum absolute atomic E-state index is 0.0271. The molecule has 0 spiro atoms. The first-order chi connectivity index (χ1) is 19.1. The van der Waals surface area contributed by atoms with Gasteiger partial charge in [0, 0.05) is 42.4 Å². The number of hydrogen-bond acceptors (Lipinski definition) is 8. The summed E-state index contributed by atoms with van der Waals surface area (Å²) in [5.74, 6) is -1.76. The summed E-state index contributed by atoms with van der Waals surface area (Å²) in [6.45, 7) is 2.43.